The standard InChI is InChI=1S/C21H24N2O2/c1-16-2-5-18(6-3-16)21(24)23-11-9-22(10-12-23)15-17-4-7-20-19(14-17)8-13-25-20/h2-7,14H,8-13,15H2,1H3. The first-order valence-corrected chi connectivity index (χ1v) is 9.02. The van der Waals surface area contributed by atoms with E-state index in [0.717, 1.165) is 57.1 Å². The van der Waals surface area contributed by atoms with Gasteiger partial charge in [0.25, 0.3) is 5.91 Å². The van der Waals surface area contributed by atoms with E-state index in [1.807, 2.05) is 36.1 Å². The van der Waals surface area contributed by atoms with E-state index in [0.29, 0.717) is 0 Å². The zero-order valence-corrected chi connectivity index (χ0v) is 14.7. The topological polar surface area (TPSA) is 32.8 Å². The molecular formula is C21H24N2O2. The van der Waals surface area contributed by atoms with Crippen LogP contribution in [-0.4, -0.2) is 48.5 Å². The van der Waals surface area contributed by atoms with Gasteiger partial charge < -0.3 is 9.64 Å². The van der Waals surface area contributed by atoms with E-state index in [1.165, 1.54) is 16.7 Å². The van der Waals surface area contributed by atoms with Crippen molar-refractivity contribution >= 4 is 5.91 Å². The lowest BCUT2D eigenvalue weighted by atomic mass is 10.1. The Labute approximate surface area is 149 Å². The molecule has 4 nitrogen and oxygen atoms in total. The molecule has 0 bridgehead atoms. The van der Waals surface area contributed by atoms with Crippen molar-refractivity contribution in [1.82, 2.24) is 9.80 Å². The first-order chi connectivity index (χ1) is 12.2. The number of fused-ring (bicyclic) bond motifs is 1. The van der Waals surface area contributed by atoms with Crippen molar-refractivity contribution in [2.75, 3.05) is 32.8 Å². The van der Waals surface area contributed by atoms with Gasteiger partial charge in [-0.2, -0.15) is 0 Å². The van der Waals surface area contributed by atoms with Gasteiger partial charge in [0.1, 0.15) is 5.75 Å². The molecule has 0 atom stereocenters. The summed E-state index contributed by atoms with van der Waals surface area (Å²) in [7, 11) is 0. The second-order valence-corrected chi connectivity index (χ2v) is 6.97. The van der Waals surface area contributed by atoms with E-state index in [1.54, 1.807) is 0 Å². The van der Waals surface area contributed by atoms with Crippen LogP contribution in [0.1, 0.15) is 27.0 Å². The van der Waals surface area contributed by atoms with Crippen LogP contribution in [0.3, 0.4) is 0 Å². The number of carbonyl (C=O) groups is 1. The Morgan fingerprint density at radius 1 is 1.04 bits per heavy atom. The molecule has 0 aromatic heterocycles. The predicted molar refractivity (Wildman–Crippen MR) is 98.0 cm³/mol. The number of hydrogen-bond acceptors (Lipinski definition) is 3. The van der Waals surface area contributed by atoms with E-state index in [9.17, 15) is 4.79 Å². The zero-order valence-electron chi connectivity index (χ0n) is 14.7. The van der Waals surface area contributed by atoms with Gasteiger partial charge in [0.05, 0.1) is 6.61 Å². The Morgan fingerprint density at radius 2 is 1.80 bits per heavy atom. The number of nitrogens with zero attached hydrogens (tertiary/aromatic N) is 2. The number of rotatable bonds is 3. The molecule has 4 rings (SSSR count). The summed E-state index contributed by atoms with van der Waals surface area (Å²) in [6.45, 7) is 7.22. The van der Waals surface area contributed by atoms with Crippen molar-refractivity contribution in [3.05, 3.63) is 64.7 Å². The van der Waals surface area contributed by atoms with Crippen molar-refractivity contribution in [2.45, 2.75) is 19.9 Å². The summed E-state index contributed by atoms with van der Waals surface area (Å²) in [5.74, 6) is 1.19. The fourth-order valence-corrected chi connectivity index (χ4v) is 3.58. The molecule has 2 heterocycles. The van der Waals surface area contributed by atoms with E-state index in [2.05, 4.69) is 23.1 Å². The highest BCUT2D eigenvalue weighted by Gasteiger charge is 2.22. The summed E-state index contributed by atoms with van der Waals surface area (Å²) < 4.78 is 5.58. The second-order valence-electron chi connectivity index (χ2n) is 6.97. The Balaban J connectivity index is 1.33. The first-order valence-electron chi connectivity index (χ1n) is 9.02. The van der Waals surface area contributed by atoms with Crippen LogP contribution >= 0.6 is 0 Å². The maximum absolute atomic E-state index is 12.6. The van der Waals surface area contributed by atoms with Gasteiger partial charge in [-0.25, -0.2) is 0 Å². The van der Waals surface area contributed by atoms with Crippen LogP contribution in [0.15, 0.2) is 42.5 Å². The lowest BCUT2D eigenvalue weighted by molar-refractivity contribution is 0.0628. The molecule has 2 aliphatic rings. The van der Waals surface area contributed by atoms with Crippen molar-refractivity contribution in [3.8, 4) is 5.75 Å². The molecule has 2 aliphatic heterocycles. The third-order valence-corrected chi connectivity index (χ3v) is 5.12. The third-order valence-electron chi connectivity index (χ3n) is 5.12. The minimum atomic E-state index is 0.148. The summed E-state index contributed by atoms with van der Waals surface area (Å²) in [5.41, 5.74) is 4.63. The van der Waals surface area contributed by atoms with E-state index in [4.69, 9.17) is 4.74 Å². The fraction of sp³-hybridized carbons (Fsp3) is 0.381. The molecule has 0 N–H and O–H groups in total. The molecule has 0 saturated carbocycles. The molecule has 0 spiro atoms. The van der Waals surface area contributed by atoms with Crippen LogP contribution in [0.25, 0.3) is 0 Å². The lowest BCUT2D eigenvalue weighted by Gasteiger charge is -2.34. The summed E-state index contributed by atoms with van der Waals surface area (Å²) in [6.07, 6.45) is 1.02. The Hall–Kier alpha value is -2.33. The van der Waals surface area contributed by atoms with E-state index < -0.39 is 0 Å². The molecule has 1 fully saturated rings. The highest BCUT2D eigenvalue weighted by molar-refractivity contribution is 5.94. The highest BCUT2D eigenvalue weighted by Crippen LogP contribution is 2.26. The van der Waals surface area contributed by atoms with E-state index in [-0.39, 0.29) is 5.91 Å². The number of ether oxygens (including phenoxy) is 1. The van der Waals surface area contributed by atoms with Gasteiger partial charge in [-0.15, -0.1) is 0 Å². The molecule has 0 radical (unpaired) electrons. The van der Waals surface area contributed by atoms with Gasteiger partial charge >= 0.3 is 0 Å². The highest BCUT2D eigenvalue weighted by atomic mass is 16.5. The largest absolute Gasteiger partial charge is 0.493 e. The lowest BCUT2D eigenvalue weighted by Crippen LogP contribution is -2.48. The maximum atomic E-state index is 12.6. The normalized spacial score (nSPS) is 17.2. The van der Waals surface area contributed by atoms with Crippen molar-refractivity contribution < 1.29 is 9.53 Å². The maximum Gasteiger partial charge on any atom is 0.253 e. The summed E-state index contributed by atoms with van der Waals surface area (Å²) in [5, 5.41) is 0. The summed E-state index contributed by atoms with van der Waals surface area (Å²) in [4.78, 5) is 17.0. The van der Waals surface area contributed by atoms with Crippen molar-refractivity contribution in [3.63, 3.8) is 0 Å². The smallest absolute Gasteiger partial charge is 0.253 e. The van der Waals surface area contributed by atoms with Gasteiger partial charge in [0, 0.05) is 44.7 Å². The number of amides is 1. The number of carbonyl (C=O) groups excluding carboxylic acids is 1. The van der Waals surface area contributed by atoms with Crippen LogP contribution in [0.2, 0.25) is 0 Å². The van der Waals surface area contributed by atoms with Crippen LogP contribution < -0.4 is 4.74 Å². The Morgan fingerprint density at radius 3 is 2.56 bits per heavy atom. The first kappa shape index (κ1) is 16.2. The summed E-state index contributed by atoms with van der Waals surface area (Å²) >= 11 is 0. The van der Waals surface area contributed by atoms with Crippen molar-refractivity contribution in [1.29, 1.82) is 0 Å². The van der Waals surface area contributed by atoms with Crippen LogP contribution in [0.5, 0.6) is 5.75 Å². The Kier molecular flexibility index (Phi) is 4.45. The van der Waals surface area contributed by atoms with E-state index >= 15 is 0 Å². The molecule has 0 unspecified atom stereocenters. The van der Waals surface area contributed by atoms with Gasteiger partial charge in [-0.05, 0) is 36.2 Å². The molecule has 1 amide bonds. The fourth-order valence-electron chi connectivity index (χ4n) is 3.58. The van der Waals surface area contributed by atoms with Crippen LogP contribution in [-0.2, 0) is 13.0 Å². The molecule has 4 heteroatoms. The molecular weight excluding hydrogens is 312 g/mol. The number of benzene rings is 2. The van der Waals surface area contributed by atoms with Crippen LogP contribution in [0, 0.1) is 6.92 Å². The molecule has 2 aromatic rings. The average molecular weight is 336 g/mol. The van der Waals surface area contributed by atoms with Crippen molar-refractivity contribution in [2.24, 2.45) is 0 Å². The molecule has 25 heavy (non-hydrogen) atoms. The van der Waals surface area contributed by atoms with Gasteiger partial charge in [-0.1, -0.05) is 29.8 Å². The second kappa shape index (κ2) is 6.89. The van der Waals surface area contributed by atoms with Gasteiger partial charge in [0.2, 0.25) is 0 Å². The monoisotopic (exact) mass is 336 g/mol. The third kappa shape index (κ3) is 3.54. The number of piperazine rings is 1. The van der Waals surface area contributed by atoms with Gasteiger partial charge in [0.15, 0.2) is 0 Å². The number of hydrogen-bond donors (Lipinski definition) is 0. The SMILES string of the molecule is Cc1ccc(C(=O)N2CCN(Cc3ccc4c(c3)CCO4)CC2)cc1. The zero-order chi connectivity index (χ0) is 17.2. The molecule has 1 saturated heterocycles. The summed E-state index contributed by atoms with van der Waals surface area (Å²) in [6, 6.07) is 14.4. The molecule has 0 aliphatic carbocycles. The molecule has 130 valence electrons. The predicted octanol–water partition coefficient (Wildman–Crippen LogP) is 2.89. The minimum Gasteiger partial charge on any atom is -0.493 e. The number of aryl methyl sites for hydroxylation is 1. The average Bonchev–Trinajstić information content (AvgIpc) is 3.10. The quantitative estimate of drug-likeness (QED) is 0.864. The minimum absolute atomic E-state index is 0.148. The van der Waals surface area contributed by atoms with Crippen LogP contribution in [0.4, 0.5) is 0 Å². The Bertz CT molecular complexity index is 762. The van der Waals surface area contributed by atoms with Gasteiger partial charge in [-0.3, -0.25) is 9.69 Å². The molecule has 2 aromatic carbocycles.